The first-order valence-corrected chi connectivity index (χ1v) is 6.29. The van der Waals surface area contributed by atoms with E-state index in [0.717, 1.165) is 0 Å². The lowest BCUT2D eigenvalue weighted by molar-refractivity contribution is -0.114. The fraction of sp³-hybridized carbons (Fsp3) is 0.200. The summed E-state index contributed by atoms with van der Waals surface area (Å²) >= 11 is 0. The van der Waals surface area contributed by atoms with Crippen LogP contribution in [0.4, 0.5) is 5.69 Å². The number of amides is 1. The lowest BCUT2D eigenvalue weighted by Gasteiger charge is -2.11. The number of nitrogens with one attached hydrogen (secondary N) is 1. The summed E-state index contributed by atoms with van der Waals surface area (Å²) < 4.78 is 10.7. The van der Waals surface area contributed by atoms with Crippen LogP contribution in [0.15, 0.2) is 34.7 Å². The summed E-state index contributed by atoms with van der Waals surface area (Å²) in [5.74, 6) is -0.447. The van der Waals surface area contributed by atoms with Crippen molar-refractivity contribution in [2.45, 2.75) is 20.5 Å². The van der Waals surface area contributed by atoms with Gasteiger partial charge in [0.15, 0.2) is 0 Å². The molecule has 0 fully saturated rings. The molecular weight excluding hydrogens is 274 g/mol. The summed E-state index contributed by atoms with van der Waals surface area (Å²) in [7, 11) is 0. The highest BCUT2D eigenvalue weighted by Crippen LogP contribution is 2.25. The minimum Gasteiger partial charge on any atom is -0.487 e. The fourth-order valence-electron chi connectivity index (χ4n) is 1.81. The quantitative estimate of drug-likeness (QED) is 0.883. The second kappa shape index (κ2) is 6.13. The normalized spacial score (nSPS) is 10.2. The van der Waals surface area contributed by atoms with Crippen LogP contribution in [0.25, 0.3) is 0 Å². The van der Waals surface area contributed by atoms with Gasteiger partial charge in [-0.2, -0.15) is 0 Å². The maximum absolute atomic E-state index is 11.1. The second-order valence-corrected chi connectivity index (χ2v) is 4.46. The van der Waals surface area contributed by atoms with E-state index in [1.807, 2.05) is 0 Å². The van der Waals surface area contributed by atoms with Crippen LogP contribution in [0.5, 0.6) is 5.75 Å². The first kappa shape index (κ1) is 14.6. The molecule has 0 saturated carbocycles. The van der Waals surface area contributed by atoms with Crippen molar-refractivity contribution in [1.82, 2.24) is 0 Å². The molecule has 1 heterocycles. The molecule has 0 aliphatic carbocycles. The monoisotopic (exact) mass is 289 g/mol. The van der Waals surface area contributed by atoms with E-state index < -0.39 is 5.97 Å². The fourth-order valence-corrected chi connectivity index (χ4v) is 1.81. The molecule has 6 heteroatoms. The van der Waals surface area contributed by atoms with Gasteiger partial charge in [-0.25, -0.2) is 4.79 Å². The maximum Gasteiger partial charge on any atom is 0.371 e. The van der Waals surface area contributed by atoms with E-state index in [1.165, 1.54) is 13.0 Å². The van der Waals surface area contributed by atoms with E-state index >= 15 is 0 Å². The van der Waals surface area contributed by atoms with Crippen LogP contribution in [0.2, 0.25) is 0 Å². The van der Waals surface area contributed by atoms with Gasteiger partial charge in [-0.05, 0) is 25.1 Å². The number of hydrogen-bond donors (Lipinski definition) is 2. The topological polar surface area (TPSA) is 88.8 Å². The number of benzene rings is 1. The van der Waals surface area contributed by atoms with Crippen molar-refractivity contribution < 1.29 is 23.8 Å². The molecule has 0 bridgehead atoms. The largest absolute Gasteiger partial charge is 0.487 e. The number of aryl methyl sites for hydroxylation is 1. The Morgan fingerprint density at radius 2 is 2.05 bits per heavy atom. The van der Waals surface area contributed by atoms with Crippen molar-refractivity contribution in [2.75, 3.05) is 5.32 Å². The number of furan rings is 1. The summed E-state index contributed by atoms with van der Waals surface area (Å²) in [4.78, 5) is 22.0. The van der Waals surface area contributed by atoms with E-state index in [-0.39, 0.29) is 18.3 Å². The number of anilines is 1. The Morgan fingerprint density at radius 3 is 2.67 bits per heavy atom. The molecule has 0 atom stereocenters. The molecule has 1 aromatic heterocycles. The molecule has 0 aliphatic rings. The van der Waals surface area contributed by atoms with Crippen LogP contribution in [-0.4, -0.2) is 17.0 Å². The highest BCUT2D eigenvalue weighted by molar-refractivity contribution is 5.90. The highest BCUT2D eigenvalue weighted by Gasteiger charge is 2.14. The van der Waals surface area contributed by atoms with E-state index in [4.69, 9.17) is 14.3 Å². The molecule has 2 N–H and O–H groups in total. The van der Waals surface area contributed by atoms with Gasteiger partial charge in [0.25, 0.3) is 0 Å². The van der Waals surface area contributed by atoms with Crippen LogP contribution in [-0.2, 0) is 11.4 Å². The molecule has 0 radical (unpaired) electrons. The van der Waals surface area contributed by atoms with Gasteiger partial charge in [-0.15, -0.1) is 0 Å². The van der Waals surface area contributed by atoms with E-state index in [2.05, 4.69) is 5.32 Å². The number of carbonyl (C=O) groups is 2. The number of para-hydroxylation sites is 2. The number of carbonyl (C=O) groups excluding carboxylic acids is 1. The molecule has 6 nitrogen and oxygen atoms in total. The second-order valence-electron chi connectivity index (χ2n) is 4.46. The van der Waals surface area contributed by atoms with Gasteiger partial charge in [0.2, 0.25) is 11.7 Å². The molecule has 110 valence electrons. The van der Waals surface area contributed by atoms with Crippen molar-refractivity contribution in [3.63, 3.8) is 0 Å². The van der Waals surface area contributed by atoms with Crippen LogP contribution in [0, 0.1) is 6.92 Å². The van der Waals surface area contributed by atoms with Crippen molar-refractivity contribution in [3.8, 4) is 5.75 Å². The minimum absolute atomic E-state index is 0.124. The SMILES string of the molecule is CC(=O)Nc1ccccc1OCc1cc(C(=O)O)oc1C. The average molecular weight is 289 g/mol. The number of rotatable bonds is 5. The molecular formula is C15H15NO5. The zero-order chi connectivity index (χ0) is 15.4. The Balaban J connectivity index is 2.13. The molecule has 0 aliphatic heterocycles. The third-order valence-electron chi connectivity index (χ3n) is 2.81. The molecule has 0 unspecified atom stereocenters. The zero-order valence-electron chi connectivity index (χ0n) is 11.7. The van der Waals surface area contributed by atoms with Gasteiger partial charge >= 0.3 is 5.97 Å². The van der Waals surface area contributed by atoms with E-state index in [1.54, 1.807) is 31.2 Å². The number of carboxylic acids is 1. The minimum atomic E-state index is -1.12. The number of hydrogen-bond acceptors (Lipinski definition) is 4. The van der Waals surface area contributed by atoms with Crippen molar-refractivity contribution in [2.24, 2.45) is 0 Å². The summed E-state index contributed by atoms with van der Waals surface area (Å²) in [6.45, 7) is 3.24. The third-order valence-corrected chi connectivity index (χ3v) is 2.81. The molecule has 2 rings (SSSR count). The lowest BCUT2D eigenvalue weighted by Crippen LogP contribution is -2.07. The Kier molecular flexibility index (Phi) is 4.27. The molecule has 1 amide bonds. The summed E-state index contributed by atoms with van der Waals surface area (Å²) in [6.07, 6.45) is 0. The van der Waals surface area contributed by atoms with Gasteiger partial charge in [-0.1, -0.05) is 12.1 Å². The Morgan fingerprint density at radius 1 is 1.33 bits per heavy atom. The van der Waals surface area contributed by atoms with Gasteiger partial charge < -0.3 is 19.6 Å². The van der Waals surface area contributed by atoms with E-state index in [0.29, 0.717) is 22.8 Å². The Bertz CT molecular complexity index is 674. The average Bonchev–Trinajstić information content (AvgIpc) is 2.79. The van der Waals surface area contributed by atoms with Crippen LogP contribution in [0.1, 0.15) is 28.8 Å². The van der Waals surface area contributed by atoms with Crippen molar-refractivity contribution in [1.29, 1.82) is 0 Å². The summed E-state index contributed by atoms with van der Waals surface area (Å²) in [6, 6.07) is 8.44. The van der Waals surface area contributed by atoms with Crippen molar-refractivity contribution in [3.05, 3.63) is 47.4 Å². The standard InChI is InChI=1S/C15H15NO5/c1-9-11(7-14(21-9)15(18)19)8-20-13-6-4-3-5-12(13)16-10(2)17/h3-7H,8H2,1-2H3,(H,16,17)(H,18,19). The predicted octanol–water partition coefficient (Wildman–Crippen LogP) is 2.82. The molecule has 2 aromatic rings. The first-order chi connectivity index (χ1) is 9.97. The third kappa shape index (κ3) is 3.62. The lowest BCUT2D eigenvalue weighted by atomic mass is 10.2. The van der Waals surface area contributed by atoms with Crippen LogP contribution < -0.4 is 10.1 Å². The zero-order valence-corrected chi connectivity index (χ0v) is 11.7. The molecule has 0 saturated heterocycles. The summed E-state index contributed by atoms with van der Waals surface area (Å²) in [5.41, 5.74) is 1.20. The highest BCUT2D eigenvalue weighted by atomic mass is 16.5. The number of carboxylic acid groups (broad SMARTS) is 1. The predicted molar refractivity (Wildman–Crippen MR) is 75.5 cm³/mol. The molecule has 21 heavy (non-hydrogen) atoms. The smallest absolute Gasteiger partial charge is 0.371 e. The Hall–Kier alpha value is -2.76. The number of ether oxygens (including phenoxy) is 1. The van der Waals surface area contributed by atoms with Crippen molar-refractivity contribution >= 4 is 17.6 Å². The van der Waals surface area contributed by atoms with E-state index in [9.17, 15) is 9.59 Å². The molecule has 0 spiro atoms. The van der Waals surface area contributed by atoms with Crippen LogP contribution in [0.3, 0.4) is 0 Å². The Labute approximate surface area is 121 Å². The number of aromatic carboxylic acids is 1. The summed E-state index contributed by atoms with van der Waals surface area (Å²) in [5, 5.41) is 11.5. The van der Waals surface area contributed by atoms with Gasteiger partial charge in [0, 0.05) is 12.5 Å². The first-order valence-electron chi connectivity index (χ1n) is 6.29. The van der Waals surface area contributed by atoms with Gasteiger partial charge in [0.1, 0.15) is 18.1 Å². The maximum atomic E-state index is 11.1. The van der Waals surface area contributed by atoms with Gasteiger partial charge in [-0.3, -0.25) is 4.79 Å². The van der Waals surface area contributed by atoms with Crippen LogP contribution >= 0.6 is 0 Å². The van der Waals surface area contributed by atoms with Gasteiger partial charge in [0.05, 0.1) is 5.69 Å². The molecule has 1 aromatic carbocycles.